The van der Waals surface area contributed by atoms with E-state index in [1.54, 1.807) is 0 Å². The van der Waals surface area contributed by atoms with E-state index in [-0.39, 0.29) is 23.1 Å². The second-order valence-corrected chi connectivity index (χ2v) is 5.92. The molecule has 0 saturated carbocycles. The number of halogens is 1. The highest BCUT2D eigenvalue weighted by Gasteiger charge is 2.17. The van der Waals surface area contributed by atoms with Crippen LogP contribution >= 0.6 is 11.6 Å². The molecule has 0 saturated heterocycles. The number of nitro groups is 1. The molecule has 0 atom stereocenters. The Kier molecular flexibility index (Phi) is 5.41. The number of hydrogen-bond acceptors (Lipinski definition) is 4. The van der Waals surface area contributed by atoms with Gasteiger partial charge in [-0.15, -0.1) is 0 Å². The van der Waals surface area contributed by atoms with Crippen LogP contribution in [0.15, 0.2) is 30.3 Å². The number of hydrogen-bond donors (Lipinski definition) is 1. The Hall–Kier alpha value is -2.60. The lowest BCUT2D eigenvalue weighted by Gasteiger charge is -2.13. The van der Waals surface area contributed by atoms with Crippen LogP contribution in [0, 0.1) is 30.9 Å². The van der Waals surface area contributed by atoms with Gasteiger partial charge in [0.15, 0.2) is 12.4 Å². The van der Waals surface area contributed by atoms with E-state index in [0.29, 0.717) is 0 Å². The molecule has 0 aliphatic heterocycles. The van der Waals surface area contributed by atoms with E-state index in [1.165, 1.54) is 18.2 Å². The molecular weight excluding hydrogens is 332 g/mol. The number of anilines is 1. The van der Waals surface area contributed by atoms with E-state index in [2.05, 4.69) is 5.32 Å². The van der Waals surface area contributed by atoms with Crippen molar-refractivity contribution in [3.05, 3.63) is 62.2 Å². The normalized spacial score (nSPS) is 10.3. The minimum Gasteiger partial charge on any atom is -0.477 e. The lowest BCUT2D eigenvalue weighted by molar-refractivity contribution is -0.385. The van der Waals surface area contributed by atoms with Gasteiger partial charge < -0.3 is 10.1 Å². The monoisotopic (exact) mass is 348 g/mol. The molecule has 0 aliphatic carbocycles. The lowest BCUT2D eigenvalue weighted by atomic mass is 10.1. The van der Waals surface area contributed by atoms with Gasteiger partial charge in [0, 0.05) is 16.8 Å². The topological polar surface area (TPSA) is 81.5 Å². The van der Waals surface area contributed by atoms with E-state index in [0.717, 1.165) is 22.4 Å². The van der Waals surface area contributed by atoms with Gasteiger partial charge >= 0.3 is 5.69 Å². The van der Waals surface area contributed by atoms with Crippen molar-refractivity contribution in [2.45, 2.75) is 20.8 Å². The molecule has 6 nitrogen and oxygen atoms in total. The zero-order chi connectivity index (χ0) is 17.9. The van der Waals surface area contributed by atoms with Gasteiger partial charge in [0.2, 0.25) is 0 Å². The number of carbonyl (C=O) groups is 1. The minimum absolute atomic E-state index is 0.00287. The summed E-state index contributed by atoms with van der Waals surface area (Å²) in [5.74, 6) is -0.397. The van der Waals surface area contributed by atoms with Crippen LogP contribution in [0.25, 0.3) is 0 Å². The number of nitro benzene ring substituents is 1. The summed E-state index contributed by atoms with van der Waals surface area (Å²) < 4.78 is 5.28. The SMILES string of the molecule is Cc1cc(C)c(NC(=O)COc2ccc(Cl)cc2[N+](=O)[O-])c(C)c1. The van der Waals surface area contributed by atoms with Gasteiger partial charge in [-0.3, -0.25) is 14.9 Å². The highest BCUT2D eigenvalue weighted by Crippen LogP contribution is 2.30. The Balaban J connectivity index is 2.09. The third-order valence-electron chi connectivity index (χ3n) is 3.42. The first-order valence-electron chi connectivity index (χ1n) is 7.22. The molecule has 0 fully saturated rings. The lowest BCUT2D eigenvalue weighted by Crippen LogP contribution is -2.21. The maximum absolute atomic E-state index is 12.1. The third-order valence-corrected chi connectivity index (χ3v) is 3.65. The predicted molar refractivity (Wildman–Crippen MR) is 92.9 cm³/mol. The largest absolute Gasteiger partial charge is 0.477 e. The van der Waals surface area contributed by atoms with Crippen LogP contribution in [0.1, 0.15) is 16.7 Å². The number of rotatable bonds is 5. The molecule has 0 radical (unpaired) electrons. The van der Waals surface area contributed by atoms with Crippen LogP contribution in [0.2, 0.25) is 5.02 Å². The Morgan fingerprint density at radius 3 is 2.42 bits per heavy atom. The Bertz CT molecular complexity index is 782. The molecule has 1 amide bonds. The number of aryl methyl sites for hydroxylation is 3. The molecule has 0 aromatic heterocycles. The summed E-state index contributed by atoms with van der Waals surface area (Å²) in [6.07, 6.45) is 0. The summed E-state index contributed by atoms with van der Waals surface area (Å²) in [6, 6.07) is 7.95. The molecule has 2 aromatic carbocycles. The minimum atomic E-state index is -0.604. The summed E-state index contributed by atoms with van der Waals surface area (Å²) in [7, 11) is 0. The summed E-state index contributed by atoms with van der Waals surface area (Å²) in [6.45, 7) is 5.45. The van der Waals surface area contributed by atoms with Crippen LogP contribution in [-0.4, -0.2) is 17.4 Å². The van der Waals surface area contributed by atoms with Crippen molar-refractivity contribution < 1.29 is 14.5 Å². The fourth-order valence-electron chi connectivity index (χ4n) is 2.45. The second kappa shape index (κ2) is 7.31. The van der Waals surface area contributed by atoms with Gasteiger partial charge in [0.1, 0.15) is 0 Å². The maximum atomic E-state index is 12.1. The maximum Gasteiger partial charge on any atom is 0.312 e. The van der Waals surface area contributed by atoms with Crippen molar-refractivity contribution in [3.63, 3.8) is 0 Å². The number of nitrogens with zero attached hydrogens (tertiary/aromatic N) is 1. The number of benzene rings is 2. The van der Waals surface area contributed by atoms with Crippen LogP contribution in [0.4, 0.5) is 11.4 Å². The standard InChI is InChI=1S/C17H17ClN2O4/c1-10-6-11(2)17(12(3)7-10)19-16(21)9-24-15-5-4-13(18)8-14(15)20(22)23/h4-8H,9H2,1-3H3,(H,19,21). The Morgan fingerprint density at radius 1 is 1.21 bits per heavy atom. The summed E-state index contributed by atoms with van der Waals surface area (Å²) in [5.41, 5.74) is 3.44. The molecular formula is C17H17ClN2O4. The van der Waals surface area contributed by atoms with Gasteiger partial charge in [-0.05, 0) is 44.0 Å². The third kappa shape index (κ3) is 4.23. The fraction of sp³-hybridized carbons (Fsp3) is 0.235. The smallest absolute Gasteiger partial charge is 0.312 e. The number of nitrogens with one attached hydrogen (secondary N) is 1. The molecule has 0 bridgehead atoms. The average molecular weight is 349 g/mol. The number of ether oxygens (including phenoxy) is 1. The Morgan fingerprint density at radius 2 is 1.83 bits per heavy atom. The van der Waals surface area contributed by atoms with Gasteiger partial charge in [0.05, 0.1) is 4.92 Å². The highest BCUT2D eigenvalue weighted by atomic mass is 35.5. The van der Waals surface area contributed by atoms with E-state index >= 15 is 0 Å². The van der Waals surface area contributed by atoms with Crippen molar-refractivity contribution >= 4 is 28.9 Å². The molecule has 1 N–H and O–H groups in total. The van der Waals surface area contributed by atoms with Gasteiger partial charge in [-0.1, -0.05) is 29.3 Å². The molecule has 7 heteroatoms. The van der Waals surface area contributed by atoms with Crippen molar-refractivity contribution in [3.8, 4) is 5.75 Å². The van der Waals surface area contributed by atoms with E-state index < -0.39 is 10.8 Å². The van der Waals surface area contributed by atoms with E-state index in [1.807, 2.05) is 32.9 Å². The quantitative estimate of drug-likeness (QED) is 0.648. The molecule has 2 rings (SSSR count). The Labute approximate surface area is 144 Å². The molecule has 0 unspecified atom stereocenters. The van der Waals surface area contributed by atoms with E-state index in [4.69, 9.17) is 16.3 Å². The first-order valence-corrected chi connectivity index (χ1v) is 7.60. The van der Waals surface area contributed by atoms with Crippen LogP contribution in [-0.2, 0) is 4.79 Å². The fourth-order valence-corrected chi connectivity index (χ4v) is 2.62. The van der Waals surface area contributed by atoms with Crippen molar-refractivity contribution in [1.29, 1.82) is 0 Å². The molecule has 0 spiro atoms. The molecule has 0 aliphatic rings. The summed E-state index contributed by atoms with van der Waals surface area (Å²) in [5, 5.41) is 14.0. The van der Waals surface area contributed by atoms with Crippen molar-refractivity contribution in [2.24, 2.45) is 0 Å². The van der Waals surface area contributed by atoms with Gasteiger partial charge in [-0.2, -0.15) is 0 Å². The van der Waals surface area contributed by atoms with Crippen LogP contribution in [0.5, 0.6) is 5.75 Å². The zero-order valence-corrected chi connectivity index (χ0v) is 14.3. The number of carbonyl (C=O) groups excluding carboxylic acids is 1. The molecule has 126 valence electrons. The second-order valence-electron chi connectivity index (χ2n) is 5.48. The highest BCUT2D eigenvalue weighted by molar-refractivity contribution is 6.30. The first kappa shape index (κ1) is 17.7. The van der Waals surface area contributed by atoms with Crippen LogP contribution < -0.4 is 10.1 Å². The average Bonchev–Trinajstić information content (AvgIpc) is 2.49. The zero-order valence-electron chi connectivity index (χ0n) is 13.6. The van der Waals surface area contributed by atoms with Gasteiger partial charge in [-0.25, -0.2) is 0 Å². The predicted octanol–water partition coefficient (Wildman–Crippen LogP) is 4.19. The van der Waals surface area contributed by atoms with Crippen molar-refractivity contribution in [1.82, 2.24) is 0 Å². The molecule has 0 heterocycles. The van der Waals surface area contributed by atoms with Crippen LogP contribution in [0.3, 0.4) is 0 Å². The first-order chi connectivity index (χ1) is 11.3. The number of amides is 1. The van der Waals surface area contributed by atoms with Crippen molar-refractivity contribution in [2.75, 3.05) is 11.9 Å². The molecule has 24 heavy (non-hydrogen) atoms. The summed E-state index contributed by atoms with van der Waals surface area (Å²) >= 11 is 5.74. The van der Waals surface area contributed by atoms with Gasteiger partial charge in [0.25, 0.3) is 5.91 Å². The van der Waals surface area contributed by atoms with E-state index in [9.17, 15) is 14.9 Å². The summed E-state index contributed by atoms with van der Waals surface area (Å²) in [4.78, 5) is 22.5. The molecule has 2 aromatic rings.